The normalized spacial score (nSPS) is 22.7. The minimum atomic E-state index is -0.223. The van der Waals surface area contributed by atoms with Crippen molar-refractivity contribution in [2.45, 2.75) is 208 Å². The van der Waals surface area contributed by atoms with Gasteiger partial charge in [-0.1, -0.05) is 41.5 Å². The fourth-order valence-corrected chi connectivity index (χ4v) is 10.2. The van der Waals surface area contributed by atoms with Crippen molar-refractivity contribution >= 4 is 23.5 Å². The lowest BCUT2D eigenvalue weighted by Crippen LogP contribution is -2.66. The third kappa shape index (κ3) is 10.4. The fourth-order valence-electron chi connectivity index (χ4n) is 10.1. The molecule has 3 rings (SSSR count). The Morgan fingerprint density at radius 2 is 0.822 bits per heavy atom. The number of halogens is 1. The van der Waals surface area contributed by atoms with Gasteiger partial charge in [0.1, 0.15) is 0 Å². The fraction of sp³-hybridized carbons (Fsp3) is 0.919. The van der Waals surface area contributed by atoms with Crippen LogP contribution in [0.15, 0.2) is 0 Å². The van der Waals surface area contributed by atoms with Crippen molar-refractivity contribution in [1.29, 1.82) is 0 Å². The van der Waals surface area contributed by atoms with Gasteiger partial charge >= 0.3 is 0 Å². The molecule has 260 valence electrons. The molecule has 8 heteroatoms. The Kier molecular flexibility index (Phi) is 10.3. The quantitative estimate of drug-likeness (QED) is 0.291. The highest BCUT2D eigenvalue weighted by Gasteiger charge is 2.48. The molecule has 1 aromatic rings. The molecule has 2 saturated heterocycles. The molecule has 0 radical (unpaired) electrons. The van der Waals surface area contributed by atoms with Crippen LogP contribution in [0, 0.1) is 10.8 Å². The Morgan fingerprint density at radius 1 is 0.556 bits per heavy atom. The molecule has 45 heavy (non-hydrogen) atoms. The minimum Gasteiger partial charge on any atom is -0.332 e. The first-order chi connectivity index (χ1) is 19.8. The van der Waals surface area contributed by atoms with Crippen LogP contribution in [0.25, 0.3) is 0 Å². The summed E-state index contributed by atoms with van der Waals surface area (Å²) in [6.07, 6.45) is 5.91. The summed E-state index contributed by atoms with van der Waals surface area (Å²) in [6.45, 7) is 41.9. The standard InChI is InChI=1S/C37H70ClN7/c1-30(2,3)23-36(15,16)44(25-19-32(7,8)42-33(9,10)20-25)28-39-27(38)40-29(41-28)45(37(17,18)24-31(4,5)6)26-21-34(11,12)43-35(13,14)22-26/h25-26,42-43H,19-24H2,1-18H3. The van der Waals surface area contributed by atoms with Crippen molar-refractivity contribution in [3.05, 3.63) is 5.28 Å². The lowest BCUT2D eigenvalue weighted by atomic mass is 9.75. The van der Waals surface area contributed by atoms with E-state index < -0.39 is 0 Å². The molecule has 0 aromatic carbocycles. The molecule has 7 nitrogen and oxygen atoms in total. The maximum absolute atomic E-state index is 6.97. The lowest BCUT2D eigenvalue weighted by molar-refractivity contribution is 0.138. The van der Waals surface area contributed by atoms with Crippen molar-refractivity contribution in [1.82, 2.24) is 25.6 Å². The highest BCUT2D eigenvalue weighted by atomic mass is 35.5. The number of hydrogen-bond donors (Lipinski definition) is 2. The molecule has 0 bridgehead atoms. The van der Waals surface area contributed by atoms with Gasteiger partial charge in [0.05, 0.1) is 0 Å². The number of aromatic nitrogens is 3. The molecule has 3 heterocycles. The third-order valence-corrected chi connectivity index (χ3v) is 9.48. The van der Waals surface area contributed by atoms with Crippen molar-refractivity contribution in [3.8, 4) is 0 Å². The second-order valence-corrected chi connectivity index (χ2v) is 21.3. The van der Waals surface area contributed by atoms with E-state index in [0.717, 1.165) is 38.5 Å². The second kappa shape index (κ2) is 12.1. The monoisotopic (exact) mass is 648 g/mol. The van der Waals surface area contributed by atoms with Gasteiger partial charge in [0.15, 0.2) is 0 Å². The van der Waals surface area contributed by atoms with E-state index in [9.17, 15) is 0 Å². The van der Waals surface area contributed by atoms with Crippen LogP contribution >= 0.6 is 11.6 Å². The van der Waals surface area contributed by atoms with E-state index in [0.29, 0.717) is 11.9 Å². The van der Waals surface area contributed by atoms with E-state index in [-0.39, 0.29) is 61.4 Å². The van der Waals surface area contributed by atoms with Gasteiger partial charge in [-0.05, 0) is 144 Å². The van der Waals surface area contributed by atoms with Crippen molar-refractivity contribution < 1.29 is 0 Å². The number of nitrogens with one attached hydrogen (secondary N) is 2. The average Bonchev–Trinajstić information content (AvgIpc) is 2.64. The summed E-state index contributed by atoms with van der Waals surface area (Å²) in [4.78, 5) is 20.4. The van der Waals surface area contributed by atoms with Gasteiger partial charge in [0.2, 0.25) is 17.2 Å². The molecule has 0 unspecified atom stereocenters. The molecule has 0 saturated carbocycles. The molecule has 1 aromatic heterocycles. The highest BCUT2D eigenvalue weighted by Crippen LogP contribution is 2.44. The smallest absolute Gasteiger partial charge is 0.232 e. The van der Waals surface area contributed by atoms with E-state index in [1.54, 1.807) is 0 Å². The van der Waals surface area contributed by atoms with Gasteiger partial charge in [-0.25, -0.2) is 0 Å². The zero-order valence-corrected chi connectivity index (χ0v) is 33.3. The lowest BCUT2D eigenvalue weighted by Gasteiger charge is -2.55. The van der Waals surface area contributed by atoms with Crippen LogP contribution in [0.1, 0.15) is 163 Å². The summed E-state index contributed by atoms with van der Waals surface area (Å²) < 4.78 is 0. The first-order valence-electron chi connectivity index (χ1n) is 17.4. The van der Waals surface area contributed by atoms with E-state index in [2.05, 4.69) is 145 Å². The molecule has 0 aliphatic carbocycles. The Balaban J connectivity index is 2.28. The minimum absolute atomic E-state index is 0.0326. The van der Waals surface area contributed by atoms with Crippen LogP contribution in [0.5, 0.6) is 0 Å². The molecular weight excluding hydrogens is 578 g/mol. The Bertz CT molecular complexity index is 1070. The highest BCUT2D eigenvalue weighted by molar-refractivity contribution is 6.28. The van der Waals surface area contributed by atoms with Gasteiger partial charge in [-0.3, -0.25) is 0 Å². The summed E-state index contributed by atoms with van der Waals surface area (Å²) in [7, 11) is 0. The van der Waals surface area contributed by atoms with E-state index >= 15 is 0 Å². The first-order valence-corrected chi connectivity index (χ1v) is 17.8. The van der Waals surface area contributed by atoms with Gasteiger partial charge in [-0.15, -0.1) is 0 Å². The van der Waals surface area contributed by atoms with Gasteiger partial charge in [0, 0.05) is 45.3 Å². The molecule has 0 spiro atoms. The summed E-state index contributed by atoms with van der Waals surface area (Å²) in [6, 6.07) is 0.459. The van der Waals surface area contributed by atoms with Crippen LogP contribution < -0.4 is 20.4 Å². The molecule has 2 aliphatic rings. The molecule has 0 atom stereocenters. The van der Waals surface area contributed by atoms with Crippen LogP contribution in [-0.4, -0.2) is 60.3 Å². The number of hydrogen-bond acceptors (Lipinski definition) is 7. The van der Waals surface area contributed by atoms with Crippen molar-refractivity contribution in [3.63, 3.8) is 0 Å². The van der Waals surface area contributed by atoms with E-state index in [4.69, 9.17) is 26.6 Å². The van der Waals surface area contributed by atoms with Gasteiger partial charge in [-0.2, -0.15) is 15.0 Å². The van der Waals surface area contributed by atoms with Crippen LogP contribution in [-0.2, 0) is 0 Å². The average molecular weight is 648 g/mol. The predicted molar refractivity (Wildman–Crippen MR) is 195 cm³/mol. The number of nitrogens with zero attached hydrogens (tertiary/aromatic N) is 5. The Morgan fingerprint density at radius 3 is 1.07 bits per heavy atom. The van der Waals surface area contributed by atoms with Crippen LogP contribution in [0.2, 0.25) is 5.28 Å². The van der Waals surface area contributed by atoms with E-state index in [1.165, 1.54) is 0 Å². The maximum atomic E-state index is 6.97. The Hall–Kier alpha value is -1.18. The Labute approximate surface area is 282 Å². The molecule has 0 amide bonds. The zero-order chi connectivity index (χ0) is 34.8. The largest absolute Gasteiger partial charge is 0.332 e. The summed E-state index contributed by atoms with van der Waals surface area (Å²) >= 11 is 6.97. The number of piperidine rings is 2. The van der Waals surface area contributed by atoms with Gasteiger partial charge in [0.25, 0.3) is 0 Å². The van der Waals surface area contributed by atoms with Crippen LogP contribution in [0.3, 0.4) is 0 Å². The molecule has 2 fully saturated rings. The van der Waals surface area contributed by atoms with Crippen LogP contribution in [0.4, 0.5) is 11.9 Å². The molecule has 2 N–H and O–H groups in total. The topological polar surface area (TPSA) is 69.2 Å². The molecule has 2 aliphatic heterocycles. The first kappa shape index (κ1) is 38.3. The summed E-state index contributed by atoms with van der Waals surface area (Å²) in [5.74, 6) is 1.39. The van der Waals surface area contributed by atoms with Crippen molar-refractivity contribution in [2.75, 3.05) is 9.80 Å². The summed E-state index contributed by atoms with van der Waals surface area (Å²) in [5, 5.41) is 8.04. The molecular formula is C37H70ClN7. The van der Waals surface area contributed by atoms with Crippen molar-refractivity contribution in [2.24, 2.45) is 10.8 Å². The van der Waals surface area contributed by atoms with E-state index in [1.807, 2.05) is 0 Å². The van der Waals surface area contributed by atoms with Gasteiger partial charge < -0.3 is 20.4 Å². The number of rotatable bonds is 8. The maximum Gasteiger partial charge on any atom is 0.232 e. The zero-order valence-electron chi connectivity index (χ0n) is 32.5. The second-order valence-electron chi connectivity index (χ2n) is 21.0. The summed E-state index contributed by atoms with van der Waals surface area (Å²) in [5.41, 5.74) is -0.342. The number of anilines is 2. The third-order valence-electron chi connectivity index (χ3n) is 9.31. The SMILES string of the molecule is CC(C)(C)CC(C)(C)N(c1nc(Cl)nc(N(C2CC(C)(C)NC(C)(C)C2)C(C)(C)CC(C)(C)C)n1)C1CC(C)(C)NC(C)(C)C1. The predicted octanol–water partition coefficient (Wildman–Crippen LogP) is 9.19.